The minimum atomic E-state index is 0. The van der Waals surface area contributed by atoms with Gasteiger partial charge in [-0.25, -0.2) is 4.98 Å². The Labute approximate surface area is 195 Å². The summed E-state index contributed by atoms with van der Waals surface area (Å²) in [5.41, 5.74) is 2.06. The molecule has 1 saturated heterocycles. The van der Waals surface area contributed by atoms with Gasteiger partial charge in [0, 0.05) is 44.6 Å². The van der Waals surface area contributed by atoms with Crippen molar-refractivity contribution in [2.45, 2.75) is 51.5 Å². The first kappa shape index (κ1) is 22.8. The minimum absolute atomic E-state index is 0. The van der Waals surface area contributed by atoms with Crippen LogP contribution in [0.2, 0.25) is 0 Å². The third kappa shape index (κ3) is 5.65. The number of aromatic nitrogens is 2. The highest BCUT2D eigenvalue weighted by molar-refractivity contribution is 14.0. The lowest BCUT2D eigenvalue weighted by atomic mass is 10.1. The number of hydrogen-bond acceptors (Lipinski definition) is 3. The molecular weight excluding hydrogens is 491 g/mol. The number of carbonyl (C=O) groups excluding carboxylic acids is 1. The van der Waals surface area contributed by atoms with E-state index in [0.29, 0.717) is 12.5 Å². The molecule has 8 heteroatoms. The number of halogens is 1. The quantitative estimate of drug-likeness (QED) is 0.308. The predicted octanol–water partition coefficient (Wildman–Crippen LogP) is 3.07. The molecule has 7 nitrogen and oxygen atoms in total. The maximum Gasteiger partial charge on any atom is 0.225 e. The van der Waals surface area contributed by atoms with Crippen LogP contribution in [-0.4, -0.2) is 59.0 Å². The number of aromatic amines is 1. The smallest absolute Gasteiger partial charge is 0.225 e. The van der Waals surface area contributed by atoms with Gasteiger partial charge < -0.3 is 20.5 Å². The Balaban J connectivity index is 0.00000256. The molecule has 3 N–H and O–H groups in total. The number of nitrogens with zero attached hydrogens (tertiary/aromatic N) is 3. The van der Waals surface area contributed by atoms with Crippen LogP contribution in [0, 0.1) is 5.92 Å². The maximum atomic E-state index is 12.6. The van der Waals surface area contributed by atoms with E-state index in [1.54, 1.807) is 0 Å². The number of H-pyrrole nitrogens is 1. The summed E-state index contributed by atoms with van der Waals surface area (Å²) in [5.74, 6) is 2.40. The van der Waals surface area contributed by atoms with Crippen LogP contribution in [0.3, 0.4) is 0 Å². The monoisotopic (exact) mass is 524 g/mol. The second-order valence-electron chi connectivity index (χ2n) is 8.11. The van der Waals surface area contributed by atoms with E-state index in [2.05, 4.69) is 27.5 Å². The van der Waals surface area contributed by atoms with Crippen LogP contribution in [-0.2, 0) is 11.2 Å². The number of carbonyl (C=O) groups is 1. The number of aliphatic imine (C=N–C) groups is 1. The fourth-order valence-corrected chi connectivity index (χ4v) is 4.42. The zero-order valence-corrected chi connectivity index (χ0v) is 20.0. The third-order valence-electron chi connectivity index (χ3n) is 5.95. The van der Waals surface area contributed by atoms with E-state index in [9.17, 15) is 4.79 Å². The number of hydrogen-bond donors (Lipinski definition) is 3. The molecule has 0 bridgehead atoms. The van der Waals surface area contributed by atoms with Crippen LogP contribution in [0.5, 0.6) is 0 Å². The second-order valence-corrected chi connectivity index (χ2v) is 8.11. The maximum absolute atomic E-state index is 12.6. The van der Waals surface area contributed by atoms with Crippen molar-refractivity contribution < 1.29 is 4.79 Å². The molecule has 2 aromatic rings. The Bertz CT molecular complexity index is 827. The molecule has 2 fully saturated rings. The zero-order chi connectivity index (χ0) is 20.1. The molecule has 1 aliphatic heterocycles. The number of rotatable bonds is 6. The number of benzene rings is 1. The average molecular weight is 524 g/mol. The van der Waals surface area contributed by atoms with E-state index < -0.39 is 0 Å². The summed E-state index contributed by atoms with van der Waals surface area (Å²) in [6, 6.07) is 8.34. The first-order chi connectivity index (χ1) is 14.2. The number of fused-ring (bicyclic) bond motifs is 1. The molecule has 0 radical (unpaired) electrons. The Morgan fingerprint density at radius 2 is 2.07 bits per heavy atom. The fraction of sp³-hybridized carbons (Fsp3) is 0.591. The van der Waals surface area contributed by atoms with Gasteiger partial charge in [-0.15, -0.1) is 24.0 Å². The van der Waals surface area contributed by atoms with Crippen molar-refractivity contribution in [1.29, 1.82) is 0 Å². The van der Waals surface area contributed by atoms with Crippen molar-refractivity contribution in [3.63, 3.8) is 0 Å². The molecule has 0 spiro atoms. The van der Waals surface area contributed by atoms with E-state index in [1.165, 1.54) is 12.8 Å². The number of para-hydroxylation sites is 2. The number of guanidine groups is 1. The van der Waals surface area contributed by atoms with Gasteiger partial charge in [-0.1, -0.05) is 25.0 Å². The summed E-state index contributed by atoms with van der Waals surface area (Å²) < 4.78 is 0. The van der Waals surface area contributed by atoms with Gasteiger partial charge in [-0.3, -0.25) is 9.79 Å². The zero-order valence-electron chi connectivity index (χ0n) is 17.7. The minimum Gasteiger partial charge on any atom is -0.357 e. The number of imidazole rings is 1. The molecule has 2 heterocycles. The van der Waals surface area contributed by atoms with Crippen molar-refractivity contribution in [2.75, 3.05) is 26.2 Å². The van der Waals surface area contributed by atoms with Crippen LogP contribution in [0.1, 0.15) is 44.9 Å². The molecule has 4 rings (SSSR count). The molecule has 164 valence electrons. The molecule has 1 saturated carbocycles. The Kier molecular flexibility index (Phi) is 8.35. The van der Waals surface area contributed by atoms with E-state index in [-0.39, 0.29) is 35.9 Å². The van der Waals surface area contributed by atoms with E-state index in [1.807, 2.05) is 29.2 Å². The molecule has 30 heavy (non-hydrogen) atoms. The van der Waals surface area contributed by atoms with Gasteiger partial charge >= 0.3 is 0 Å². The molecule has 1 aromatic heterocycles. The fourth-order valence-electron chi connectivity index (χ4n) is 4.42. The van der Waals surface area contributed by atoms with Crippen molar-refractivity contribution in [3.8, 4) is 0 Å². The van der Waals surface area contributed by atoms with Crippen LogP contribution in [0.15, 0.2) is 29.3 Å². The first-order valence-corrected chi connectivity index (χ1v) is 11.0. The molecule has 1 amide bonds. The van der Waals surface area contributed by atoms with E-state index >= 15 is 0 Å². The summed E-state index contributed by atoms with van der Waals surface area (Å²) in [6.07, 6.45) is 6.29. The van der Waals surface area contributed by atoms with Gasteiger partial charge in [-0.05, 0) is 38.3 Å². The highest BCUT2D eigenvalue weighted by Gasteiger charge is 2.32. The van der Waals surface area contributed by atoms with Gasteiger partial charge in [0.15, 0.2) is 5.96 Å². The largest absolute Gasteiger partial charge is 0.357 e. The van der Waals surface area contributed by atoms with Crippen molar-refractivity contribution in [2.24, 2.45) is 10.9 Å². The van der Waals surface area contributed by atoms with Crippen LogP contribution >= 0.6 is 24.0 Å². The highest BCUT2D eigenvalue weighted by Crippen LogP contribution is 2.27. The van der Waals surface area contributed by atoms with Gasteiger partial charge in [0.1, 0.15) is 5.82 Å². The summed E-state index contributed by atoms with van der Waals surface area (Å²) in [5, 5.41) is 6.85. The Hall–Kier alpha value is -1.84. The SMILES string of the molecule is CCNC(=NCCc1nc2ccccc2[nH]1)NC1CCN(C(=O)C2CCCC2)C1.I. The van der Waals surface area contributed by atoms with Crippen LogP contribution in [0.4, 0.5) is 0 Å². The predicted molar refractivity (Wildman–Crippen MR) is 131 cm³/mol. The molecule has 2 aliphatic rings. The summed E-state index contributed by atoms with van der Waals surface area (Å²) in [7, 11) is 0. The number of nitrogens with one attached hydrogen (secondary N) is 3. The molecule has 1 aliphatic carbocycles. The van der Waals surface area contributed by atoms with Crippen LogP contribution in [0.25, 0.3) is 11.0 Å². The van der Waals surface area contributed by atoms with Crippen molar-refractivity contribution in [3.05, 3.63) is 30.1 Å². The summed E-state index contributed by atoms with van der Waals surface area (Å²) in [6.45, 7) is 5.18. The Morgan fingerprint density at radius 3 is 2.83 bits per heavy atom. The Morgan fingerprint density at radius 1 is 1.27 bits per heavy atom. The topological polar surface area (TPSA) is 85.4 Å². The van der Waals surface area contributed by atoms with Gasteiger partial charge in [0.25, 0.3) is 0 Å². The van der Waals surface area contributed by atoms with Gasteiger partial charge in [-0.2, -0.15) is 0 Å². The van der Waals surface area contributed by atoms with E-state index in [0.717, 1.165) is 68.1 Å². The summed E-state index contributed by atoms with van der Waals surface area (Å²) in [4.78, 5) is 27.4. The lowest BCUT2D eigenvalue weighted by Gasteiger charge is -2.21. The van der Waals surface area contributed by atoms with Crippen LogP contribution < -0.4 is 10.6 Å². The highest BCUT2D eigenvalue weighted by atomic mass is 127. The number of amides is 1. The molecular formula is C22H33IN6O. The number of likely N-dealkylation sites (tertiary alicyclic amines) is 1. The lowest BCUT2D eigenvalue weighted by molar-refractivity contribution is -0.134. The van der Waals surface area contributed by atoms with Crippen molar-refractivity contribution in [1.82, 2.24) is 25.5 Å². The first-order valence-electron chi connectivity index (χ1n) is 11.0. The lowest BCUT2D eigenvalue weighted by Crippen LogP contribution is -2.45. The average Bonchev–Trinajstić information content (AvgIpc) is 3.48. The normalized spacial score (nSPS) is 19.8. The van der Waals surface area contributed by atoms with Crippen molar-refractivity contribution >= 4 is 46.9 Å². The molecule has 1 atom stereocenters. The molecule has 1 aromatic carbocycles. The molecule has 1 unspecified atom stereocenters. The standard InChI is InChI=1S/C22H32N6O.HI/c1-2-23-22(24-13-11-20-26-18-9-5-6-10-19(18)27-20)25-17-12-14-28(15-17)21(29)16-7-3-4-8-16;/h5-6,9-10,16-17H,2-4,7-8,11-15H2,1H3,(H,26,27)(H2,23,24,25);1H. The van der Waals surface area contributed by atoms with Gasteiger partial charge in [0.05, 0.1) is 11.0 Å². The van der Waals surface area contributed by atoms with E-state index in [4.69, 9.17) is 4.99 Å². The third-order valence-corrected chi connectivity index (χ3v) is 5.95. The summed E-state index contributed by atoms with van der Waals surface area (Å²) >= 11 is 0. The second kappa shape index (κ2) is 11.0. The van der Waals surface area contributed by atoms with Gasteiger partial charge in [0.2, 0.25) is 5.91 Å².